The Kier molecular flexibility index (Phi) is 8.00. The molecule has 0 aliphatic carbocycles. The highest BCUT2D eigenvalue weighted by molar-refractivity contribution is 5.88. The summed E-state index contributed by atoms with van der Waals surface area (Å²) in [6, 6.07) is 22.8. The van der Waals surface area contributed by atoms with Gasteiger partial charge in [-0.05, 0) is 67.6 Å². The molecule has 2 aliphatic heterocycles. The molecule has 2 saturated heterocycles. The summed E-state index contributed by atoms with van der Waals surface area (Å²) in [4.78, 5) is 14.7. The molecule has 1 aromatic heterocycles. The summed E-state index contributed by atoms with van der Waals surface area (Å²) < 4.78 is 29.0. The minimum atomic E-state index is -0.576. The zero-order valence-electron chi connectivity index (χ0n) is 22.7. The summed E-state index contributed by atoms with van der Waals surface area (Å²) in [7, 11) is 0. The molecule has 0 atom stereocenters. The SMILES string of the molecule is Fc1cccc(F)c1CNc1nc(N2CCC(N3CCCCC3)CC2)ncc1-c1ccccc1-c1ccccc1. The Hall–Kier alpha value is -3.84. The van der Waals surface area contributed by atoms with Gasteiger partial charge in [-0.15, -0.1) is 0 Å². The second-order valence-corrected chi connectivity index (χ2v) is 10.7. The Bertz CT molecular complexity index is 1410. The van der Waals surface area contributed by atoms with Gasteiger partial charge in [-0.25, -0.2) is 13.8 Å². The van der Waals surface area contributed by atoms with Gasteiger partial charge >= 0.3 is 0 Å². The number of anilines is 2. The highest BCUT2D eigenvalue weighted by Gasteiger charge is 2.27. The van der Waals surface area contributed by atoms with Crippen molar-refractivity contribution >= 4 is 11.8 Å². The van der Waals surface area contributed by atoms with Crippen molar-refractivity contribution in [1.82, 2.24) is 14.9 Å². The first kappa shape index (κ1) is 26.4. The normalized spacial score (nSPS) is 16.7. The molecule has 206 valence electrons. The number of nitrogens with one attached hydrogen (secondary N) is 1. The van der Waals surface area contributed by atoms with E-state index < -0.39 is 11.6 Å². The molecule has 7 heteroatoms. The van der Waals surface area contributed by atoms with Crippen molar-refractivity contribution < 1.29 is 8.78 Å². The monoisotopic (exact) mass is 539 g/mol. The summed E-state index contributed by atoms with van der Waals surface area (Å²) in [5.74, 6) is 0.0596. The van der Waals surface area contributed by atoms with Crippen LogP contribution in [0.15, 0.2) is 79.0 Å². The van der Waals surface area contributed by atoms with Crippen LogP contribution in [0.5, 0.6) is 0 Å². The largest absolute Gasteiger partial charge is 0.365 e. The predicted molar refractivity (Wildman–Crippen MR) is 157 cm³/mol. The number of hydrogen-bond acceptors (Lipinski definition) is 5. The van der Waals surface area contributed by atoms with Gasteiger partial charge in [0.15, 0.2) is 0 Å². The molecule has 0 amide bonds. The number of benzene rings is 3. The molecule has 3 aromatic carbocycles. The average Bonchev–Trinajstić information content (AvgIpc) is 3.02. The summed E-state index contributed by atoms with van der Waals surface area (Å²) in [6.07, 6.45) is 7.96. The molecule has 5 nitrogen and oxygen atoms in total. The minimum absolute atomic E-state index is 0.00713. The number of halogens is 2. The summed E-state index contributed by atoms with van der Waals surface area (Å²) in [5, 5.41) is 3.26. The van der Waals surface area contributed by atoms with E-state index in [4.69, 9.17) is 9.97 Å². The third-order valence-corrected chi connectivity index (χ3v) is 8.23. The molecule has 0 spiro atoms. The molecule has 1 N–H and O–H groups in total. The van der Waals surface area contributed by atoms with Crippen molar-refractivity contribution in [3.05, 3.63) is 96.2 Å². The van der Waals surface area contributed by atoms with Gasteiger partial charge in [0.25, 0.3) is 0 Å². The second-order valence-electron chi connectivity index (χ2n) is 10.7. The molecular formula is C33H35F2N5. The van der Waals surface area contributed by atoms with Gasteiger partial charge in [0.2, 0.25) is 5.95 Å². The fraction of sp³-hybridized carbons (Fsp3) is 0.333. The van der Waals surface area contributed by atoms with Crippen molar-refractivity contribution in [1.29, 1.82) is 0 Å². The maximum absolute atomic E-state index is 14.5. The van der Waals surface area contributed by atoms with Crippen molar-refractivity contribution in [3.63, 3.8) is 0 Å². The van der Waals surface area contributed by atoms with E-state index in [1.165, 1.54) is 50.6 Å². The van der Waals surface area contributed by atoms with E-state index in [1.807, 2.05) is 42.6 Å². The van der Waals surface area contributed by atoms with E-state index in [9.17, 15) is 8.78 Å². The Balaban J connectivity index is 1.31. The first-order chi connectivity index (χ1) is 19.7. The van der Waals surface area contributed by atoms with E-state index in [0.717, 1.165) is 48.2 Å². The quantitative estimate of drug-likeness (QED) is 0.270. The average molecular weight is 540 g/mol. The molecule has 0 radical (unpaired) electrons. The van der Waals surface area contributed by atoms with Gasteiger partial charge in [-0.1, -0.05) is 67.1 Å². The maximum Gasteiger partial charge on any atom is 0.227 e. The molecule has 2 fully saturated rings. The van der Waals surface area contributed by atoms with Crippen LogP contribution in [-0.2, 0) is 6.54 Å². The third-order valence-electron chi connectivity index (χ3n) is 8.23. The lowest BCUT2D eigenvalue weighted by Crippen LogP contribution is -2.47. The first-order valence-electron chi connectivity index (χ1n) is 14.3. The maximum atomic E-state index is 14.5. The summed E-state index contributed by atoms with van der Waals surface area (Å²) in [6.45, 7) is 4.17. The second kappa shape index (κ2) is 12.1. The van der Waals surface area contributed by atoms with E-state index in [-0.39, 0.29) is 12.1 Å². The molecule has 0 unspecified atom stereocenters. The van der Waals surface area contributed by atoms with Crippen LogP contribution in [0.3, 0.4) is 0 Å². The topological polar surface area (TPSA) is 44.3 Å². The van der Waals surface area contributed by atoms with Crippen LogP contribution < -0.4 is 10.2 Å². The van der Waals surface area contributed by atoms with Crippen LogP contribution in [0.1, 0.15) is 37.7 Å². The van der Waals surface area contributed by atoms with Crippen LogP contribution >= 0.6 is 0 Å². The van der Waals surface area contributed by atoms with Crippen molar-refractivity contribution in [3.8, 4) is 22.3 Å². The molecule has 0 bridgehead atoms. The first-order valence-corrected chi connectivity index (χ1v) is 14.3. The smallest absolute Gasteiger partial charge is 0.227 e. The van der Waals surface area contributed by atoms with Crippen molar-refractivity contribution in [2.24, 2.45) is 0 Å². The fourth-order valence-electron chi connectivity index (χ4n) is 6.03. The Labute approximate surface area is 234 Å². The van der Waals surface area contributed by atoms with Crippen LogP contribution in [-0.4, -0.2) is 47.1 Å². The van der Waals surface area contributed by atoms with E-state index >= 15 is 0 Å². The summed E-state index contributed by atoms with van der Waals surface area (Å²) in [5.41, 5.74) is 3.87. The van der Waals surface area contributed by atoms with Gasteiger partial charge in [0.05, 0.1) is 0 Å². The molecule has 4 aromatic rings. The number of nitrogens with zero attached hydrogens (tertiary/aromatic N) is 4. The van der Waals surface area contributed by atoms with E-state index in [1.54, 1.807) is 0 Å². The molecule has 2 aliphatic rings. The van der Waals surface area contributed by atoms with Crippen LogP contribution in [0, 0.1) is 11.6 Å². The Morgan fingerprint density at radius 3 is 2.12 bits per heavy atom. The lowest BCUT2D eigenvalue weighted by molar-refractivity contribution is 0.141. The molecular weight excluding hydrogens is 504 g/mol. The number of rotatable bonds is 7. The lowest BCUT2D eigenvalue weighted by Gasteiger charge is -2.40. The molecule has 6 rings (SSSR count). The fourth-order valence-corrected chi connectivity index (χ4v) is 6.03. The van der Waals surface area contributed by atoms with Gasteiger partial charge in [-0.3, -0.25) is 0 Å². The highest BCUT2D eigenvalue weighted by atomic mass is 19.1. The summed E-state index contributed by atoms with van der Waals surface area (Å²) >= 11 is 0. The van der Waals surface area contributed by atoms with Crippen LogP contribution in [0.4, 0.5) is 20.5 Å². The van der Waals surface area contributed by atoms with Gasteiger partial charge in [0.1, 0.15) is 17.5 Å². The molecule has 3 heterocycles. The highest BCUT2D eigenvalue weighted by Crippen LogP contribution is 2.36. The predicted octanol–water partition coefficient (Wildman–Crippen LogP) is 7.16. The van der Waals surface area contributed by atoms with Crippen molar-refractivity contribution in [2.45, 2.75) is 44.7 Å². The third kappa shape index (κ3) is 5.70. The van der Waals surface area contributed by atoms with Crippen LogP contribution in [0.2, 0.25) is 0 Å². The Morgan fingerprint density at radius 1 is 0.725 bits per heavy atom. The number of piperidine rings is 2. The minimum Gasteiger partial charge on any atom is -0.365 e. The van der Waals surface area contributed by atoms with Gasteiger partial charge in [-0.2, -0.15) is 4.98 Å². The van der Waals surface area contributed by atoms with Gasteiger partial charge in [0, 0.05) is 43.0 Å². The van der Waals surface area contributed by atoms with E-state index in [2.05, 4.69) is 33.3 Å². The standard InChI is InChI=1S/C33H35F2N5/c34-30-14-9-15-31(35)29(30)23-36-32-28(27-13-6-5-12-26(27)24-10-3-1-4-11-24)22-37-33(38-32)40-20-16-25(17-21-40)39-18-7-2-8-19-39/h1,3-6,9-15,22,25H,2,7-8,16-21,23H2,(H,36,37,38). The lowest BCUT2D eigenvalue weighted by atomic mass is 9.95. The zero-order chi connectivity index (χ0) is 27.3. The van der Waals surface area contributed by atoms with E-state index in [0.29, 0.717) is 17.8 Å². The van der Waals surface area contributed by atoms with Crippen molar-refractivity contribution in [2.75, 3.05) is 36.4 Å². The molecule has 40 heavy (non-hydrogen) atoms. The Morgan fingerprint density at radius 2 is 1.40 bits per heavy atom. The molecule has 0 saturated carbocycles. The number of aromatic nitrogens is 2. The number of likely N-dealkylation sites (tertiary alicyclic amines) is 1. The van der Waals surface area contributed by atoms with Crippen LogP contribution in [0.25, 0.3) is 22.3 Å². The number of hydrogen-bond donors (Lipinski definition) is 1. The zero-order valence-corrected chi connectivity index (χ0v) is 22.7. The van der Waals surface area contributed by atoms with Gasteiger partial charge < -0.3 is 15.1 Å².